The van der Waals surface area contributed by atoms with Crippen LogP contribution in [0.2, 0.25) is 0 Å². The first-order valence-electron chi connectivity index (χ1n) is 5.44. The van der Waals surface area contributed by atoms with E-state index in [1.54, 1.807) is 11.8 Å². The van der Waals surface area contributed by atoms with E-state index in [2.05, 4.69) is 48.8 Å². The molecule has 0 fully saturated rings. The highest BCUT2D eigenvalue weighted by atomic mass is 32.2. The minimum Gasteiger partial charge on any atom is -0.309 e. The number of nitrogens with zero attached hydrogens (tertiary/aromatic N) is 1. The Morgan fingerprint density at radius 3 is 2.44 bits per heavy atom. The highest BCUT2D eigenvalue weighted by Gasteiger charge is 2.06. The number of nitrogens with one attached hydrogen (secondary N) is 1. The van der Waals surface area contributed by atoms with Crippen molar-refractivity contribution in [3.8, 4) is 6.07 Å². The van der Waals surface area contributed by atoms with Crippen LogP contribution in [0, 0.1) is 17.2 Å². The lowest BCUT2D eigenvalue weighted by molar-refractivity contribution is 0.527. The molecule has 1 aromatic rings. The second-order valence-electron chi connectivity index (χ2n) is 3.93. The topological polar surface area (TPSA) is 35.8 Å². The Bertz CT molecular complexity index is 353. The number of nitriles is 1. The van der Waals surface area contributed by atoms with E-state index in [1.165, 1.54) is 10.5 Å². The van der Waals surface area contributed by atoms with Gasteiger partial charge in [-0.3, -0.25) is 0 Å². The fraction of sp³-hybridized carbons (Fsp3) is 0.462. The normalized spacial score (nSPS) is 14.1. The van der Waals surface area contributed by atoms with Crippen LogP contribution < -0.4 is 5.32 Å². The Morgan fingerprint density at radius 2 is 1.94 bits per heavy atom. The molecule has 0 saturated carbocycles. The van der Waals surface area contributed by atoms with Gasteiger partial charge >= 0.3 is 0 Å². The second-order valence-corrected chi connectivity index (χ2v) is 4.81. The number of rotatable bonds is 5. The van der Waals surface area contributed by atoms with Crippen LogP contribution >= 0.6 is 11.8 Å². The minimum atomic E-state index is 0.0629. The van der Waals surface area contributed by atoms with E-state index in [1.807, 2.05) is 6.92 Å². The van der Waals surface area contributed by atoms with Crippen molar-refractivity contribution < 1.29 is 0 Å². The van der Waals surface area contributed by atoms with Gasteiger partial charge in [-0.2, -0.15) is 5.26 Å². The van der Waals surface area contributed by atoms with Crippen LogP contribution in [0.4, 0.5) is 0 Å². The lowest BCUT2D eigenvalue weighted by Gasteiger charge is -2.15. The molecule has 1 N–H and O–H groups in total. The first-order chi connectivity index (χ1) is 7.67. The number of thioether (sulfide) groups is 1. The summed E-state index contributed by atoms with van der Waals surface area (Å²) in [6.07, 6.45) is 2.07. The van der Waals surface area contributed by atoms with Gasteiger partial charge in [0.25, 0.3) is 0 Å². The summed E-state index contributed by atoms with van der Waals surface area (Å²) in [5.74, 6) is 0.0629. The van der Waals surface area contributed by atoms with Gasteiger partial charge in [0.2, 0.25) is 0 Å². The molecule has 1 rings (SSSR count). The molecule has 0 aliphatic rings. The zero-order valence-electron chi connectivity index (χ0n) is 10.0. The molecule has 2 nitrogen and oxygen atoms in total. The van der Waals surface area contributed by atoms with Crippen LogP contribution in [-0.4, -0.2) is 12.8 Å². The summed E-state index contributed by atoms with van der Waals surface area (Å²) in [4.78, 5) is 1.28. The maximum absolute atomic E-state index is 8.69. The molecule has 0 amide bonds. The van der Waals surface area contributed by atoms with E-state index >= 15 is 0 Å². The van der Waals surface area contributed by atoms with Gasteiger partial charge in [-0.15, -0.1) is 11.8 Å². The van der Waals surface area contributed by atoms with E-state index < -0.39 is 0 Å². The van der Waals surface area contributed by atoms with Gasteiger partial charge in [0.1, 0.15) is 0 Å². The van der Waals surface area contributed by atoms with Crippen molar-refractivity contribution in [1.29, 1.82) is 5.26 Å². The van der Waals surface area contributed by atoms with Crippen molar-refractivity contribution in [2.75, 3.05) is 12.8 Å². The lowest BCUT2D eigenvalue weighted by Crippen LogP contribution is -2.23. The van der Waals surface area contributed by atoms with Gasteiger partial charge < -0.3 is 5.32 Å². The number of hydrogen-bond acceptors (Lipinski definition) is 3. The molecular formula is C13H18N2S. The molecule has 86 valence electrons. The molecule has 0 aliphatic carbocycles. The molecule has 16 heavy (non-hydrogen) atoms. The Kier molecular flexibility index (Phi) is 5.37. The van der Waals surface area contributed by atoms with Gasteiger partial charge in [0, 0.05) is 17.5 Å². The number of hydrogen-bond donors (Lipinski definition) is 1. The Balaban J connectivity index is 2.53. The monoisotopic (exact) mass is 234 g/mol. The first-order valence-corrected chi connectivity index (χ1v) is 6.66. The fourth-order valence-electron chi connectivity index (χ4n) is 1.41. The summed E-state index contributed by atoms with van der Waals surface area (Å²) >= 11 is 1.75. The van der Waals surface area contributed by atoms with Crippen molar-refractivity contribution in [3.05, 3.63) is 29.8 Å². The molecule has 3 heteroatoms. The van der Waals surface area contributed by atoms with Gasteiger partial charge in [0.15, 0.2) is 0 Å². The molecule has 0 radical (unpaired) electrons. The van der Waals surface area contributed by atoms with Crippen LogP contribution in [-0.2, 0) is 0 Å². The molecule has 0 saturated heterocycles. The first kappa shape index (κ1) is 13.1. The SMILES string of the molecule is CSc1ccc(C(C)NCC(C)C#N)cc1. The summed E-state index contributed by atoms with van der Waals surface area (Å²) in [5, 5.41) is 12.1. The van der Waals surface area contributed by atoms with Crippen LogP contribution in [0.3, 0.4) is 0 Å². The van der Waals surface area contributed by atoms with Crippen LogP contribution in [0.5, 0.6) is 0 Å². The zero-order valence-corrected chi connectivity index (χ0v) is 10.8. The predicted molar refractivity (Wildman–Crippen MR) is 69.4 cm³/mol. The summed E-state index contributed by atoms with van der Waals surface area (Å²) < 4.78 is 0. The molecule has 2 atom stereocenters. The van der Waals surface area contributed by atoms with E-state index in [0.29, 0.717) is 6.04 Å². The number of benzene rings is 1. The summed E-state index contributed by atoms with van der Waals surface area (Å²) in [5.41, 5.74) is 1.27. The molecule has 0 aliphatic heterocycles. The summed E-state index contributed by atoms with van der Waals surface area (Å²) in [6.45, 7) is 4.79. The van der Waals surface area contributed by atoms with Crippen molar-refractivity contribution in [1.82, 2.24) is 5.32 Å². The highest BCUT2D eigenvalue weighted by molar-refractivity contribution is 7.98. The maximum Gasteiger partial charge on any atom is 0.0666 e. The van der Waals surface area contributed by atoms with Gasteiger partial charge in [-0.25, -0.2) is 0 Å². The third-order valence-electron chi connectivity index (χ3n) is 2.57. The Morgan fingerprint density at radius 1 is 1.31 bits per heavy atom. The maximum atomic E-state index is 8.69. The fourth-order valence-corrected chi connectivity index (χ4v) is 1.82. The standard InChI is InChI=1S/C13H18N2S/c1-10(8-14)9-15-11(2)12-4-6-13(16-3)7-5-12/h4-7,10-11,15H,9H2,1-3H3. The van der Waals surface area contributed by atoms with E-state index in [0.717, 1.165) is 6.54 Å². The molecule has 1 aromatic carbocycles. The van der Waals surface area contributed by atoms with Crippen molar-refractivity contribution in [2.45, 2.75) is 24.8 Å². The average molecular weight is 234 g/mol. The van der Waals surface area contributed by atoms with Crippen molar-refractivity contribution in [2.24, 2.45) is 5.92 Å². The summed E-state index contributed by atoms with van der Waals surface area (Å²) in [6, 6.07) is 11.1. The van der Waals surface area contributed by atoms with Crippen LogP contribution in [0.15, 0.2) is 29.2 Å². The van der Waals surface area contributed by atoms with E-state index in [-0.39, 0.29) is 5.92 Å². The van der Waals surface area contributed by atoms with Crippen molar-refractivity contribution >= 4 is 11.8 Å². The lowest BCUT2D eigenvalue weighted by atomic mass is 10.1. The van der Waals surface area contributed by atoms with E-state index in [4.69, 9.17) is 5.26 Å². The third-order valence-corrected chi connectivity index (χ3v) is 3.31. The van der Waals surface area contributed by atoms with E-state index in [9.17, 15) is 0 Å². The van der Waals surface area contributed by atoms with Crippen LogP contribution in [0.25, 0.3) is 0 Å². The Hall–Kier alpha value is -0.980. The predicted octanol–water partition coefficient (Wildman–Crippen LogP) is 3.22. The Labute approximate surface area is 102 Å². The molecule has 0 bridgehead atoms. The molecule has 0 heterocycles. The smallest absolute Gasteiger partial charge is 0.0666 e. The van der Waals surface area contributed by atoms with Gasteiger partial charge in [-0.1, -0.05) is 12.1 Å². The minimum absolute atomic E-state index is 0.0629. The third kappa shape index (κ3) is 3.88. The van der Waals surface area contributed by atoms with Crippen LogP contribution in [0.1, 0.15) is 25.5 Å². The quantitative estimate of drug-likeness (QED) is 0.795. The largest absolute Gasteiger partial charge is 0.309 e. The average Bonchev–Trinajstić information content (AvgIpc) is 2.35. The van der Waals surface area contributed by atoms with Gasteiger partial charge in [0.05, 0.1) is 12.0 Å². The molecule has 2 unspecified atom stereocenters. The highest BCUT2D eigenvalue weighted by Crippen LogP contribution is 2.18. The zero-order chi connectivity index (χ0) is 12.0. The second kappa shape index (κ2) is 6.57. The molecule has 0 spiro atoms. The van der Waals surface area contributed by atoms with Crippen molar-refractivity contribution in [3.63, 3.8) is 0 Å². The molecular weight excluding hydrogens is 216 g/mol. The molecule has 0 aromatic heterocycles. The summed E-state index contributed by atoms with van der Waals surface area (Å²) in [7, 11) is 0. The van der Waals surface area contributed by atoms with Gasteiger partial charge in [-0.05, 0) is 37.8 Å².